The van der Waals surface area contributed by atoms with Gasteiger partial charge in [-0.05, 0) is 0 Å². The van der Waals surface area contributed by atoms with E-state index in [1.807, 2.05) is 0 Å². The third-order valence-corrected chi connectivity index (χ3v) is 12.0. The highest BCUT2D eigenvalue weighted by atomic mass is 16.8. The lowest BCUT2D eigenvalue weighted by molar-refractivity contribution is -0.367. The van der Waals surface area contributed by atoms with Crippen LogP contribution in [0.25, 0.3) is 0 Å². The SMILES string of the molecule is CC(=O)N[C@H]1[C@H](O[C@H]2[C@H](O)[C@@H](NC(C)=O)[C@H](O[C@H]3[C@H](O)[C@@H](NC(C)=O)[C@H](O[C@H]4[C@H](O)[C@@H](NC(C)=O)C(O)O[C@@H]4CO)O[C@@H]3CO)O[C@@H]2CO)O[C@H](CO)[C@@H](O[C@@H]2O[C@H](CO)[C@@H](O)[C@H](O)[C@H]2N)[C@@H]1O. The van der Waals surface area contributed by atoms with Crippen molar-refractivity contribution in [2.24, 2.45) is 5.73 Å². The fraction of sp³-hybridized carbons (Fsp3) is 0.895. The van der Waals surface area contributed by atoms with Crippen molar-refractivity contribution >= 4 is 23.6 Å². The Morgan fingerprint density at radius 1 is 0.397 bits per heavy atom. The summed E-state index contributed by atoms with van der Waals surface area (Å²) in [6.07, 6.45) is -34.2. The lowest BCUT2D eigenvalue weighted by Gasteiger charge is -2.51. The number of aliphatic hydroxyl groups is 12. The maximum atomic E-state index is 12.6. The molecule has 68 heavy (non-hydrogen) atoms. The van der Waals surface area contributed by atoms with Gasteiger partial charge in [0, 0.05) is 27.7 Å². The third-order valence-electron chi connectivity index (χ3n) is 12.0. The Morgan fingerprint density at radius 2 is 0.662 bits per heavy atom. The van der Waals surface area contributed by atoms with Crippen LogP contribution in [0.4, 0.5) is 0 Å². The summed E-state index contributed by atoms with van der Waals surface area (Å²) >= 11 is 0. The quantitative estimate of drug-likeness (QED) is 0.0643. The molecule has 4 amide bonds. The van der Waals surface area contributed by atoms with Crippen LogP contribution in [0.3, 0.4) is 0 Å². The van der Waals surface area contributed by atoms with Gasteiger partial charge in [-0.1, -0.05) is 0 Å². The largest absolute Gasteiger partial charge is 0.394 e. The van der Waals surface area contributed by atoms with Gasteiger partial charge in [0.2, 0.25) is 23.6 Å². The maximum Gasteiger partial charge on any atom is 0.217 e. The van der Waals surface area contributed by atoms with E-state index in [1.54, 1.807) is 0 Å². The first kappa shape index (κ1) is 55.9. The highest BCUT2D eigenvalue weighted by Gasteiger charge is 2.57. The van der Waals surface area contributed by atoms with E-state index >= 15 is 0 Å². The van der Waals surface area contributed by atoms with Gasteiger partial charge in [-0.25, -0.2) is 0 Å². The Hall–Kier alpha value is -3.00. The van der Waals surface area contributed by atoms with Crippen LogP contribution in [0.5, 0.6) is 0 Å². The summed E-state index contributed by atoms with van der Waals surface area (Å²) < 4.78 is 52.6. The molecule has 5 aliphatic rings. The summed E-state index contributed by atoms with van der Waals surface area (Å²) in [4.78, 5) is 49.4. The first-order valence-corrected chi connectivity index (χ1v) is 21.6. The van der Waals surface area contributed by atoms with Crippen molar-refractivity contribution in [3.8, 4) is 0 Å². The second-order valence-electron chi connectivity index (χ2n) is 17.0. The van der Waals surface area contributed by atoms with Gasteiger partial charge in [0.15, 0.2) is 31.5 Å². The minimum Gasteiger partial charge on any atom is -0.394 e. The molecule has 0 aromatic heterocycles. The van der Waals surface area contributed by atoms with Crippen molar-refractivity contribution in [1.82, 2.24) is 21.3 Å². The van der Waals surface area contributed by atoms with Crippen LogP contribution in [-0.4, -0.2) is 271 Å². The summed E-state index contributed by atoms with van der Waals surface area (Å²) in [5, 5.41) is 138. The van der Waals surface area contributed by atoms with Crippen molar-refractivity contribution in [3.63, 3.8) is 0 Å². The zero-order chi connectivity index (χ0) is 50.5. The van der Waals surface area contributed by atoms with Crippen LogP contribution in [0.1, 0.15) is 27.7 Å². The molecule has 25 atom stereocenters. The maximum absolute atomic E-state index is 12.6. The molecule has 0 aromatic rings. The number of nitrogens with two attached hydrogens (primary N) is 1. The minimum absolute atomic E-state index is 0.682. The highest BCUT2D eigenvalue weighted by molar-refractivity contribution is 5.74. The predicted octanol–water partition coefficient (Wildman–Crippen LogP) is -11.4. The summed E-state index contributed by atoms with van der Waals surface area (Å²) in [5.41, 5.74) is 6.01. The van der Waals surface area contributed by atoms with E-state index in [2.05, 4.69) is 21.3 Å². The van der Waals surface area contributed by atoms with Crippen molar-refractivity contribution in [2.45, 2.75) is 181 Å². The number of hydrogen-bond donors (Lipinski definition) is 17. The molecule has 0 aliphatic carbocycles. The summed E-state index contributed by atoms with van der Waals surface area (Å²) in [7, 11) is 0. The first-order chi connectivity index (χ1) is 32.1. The standard InChI is InChI=1S/C38H65N5O25/c1-10(49)40-20-26(55)30(15(6-45)60-34(20)59)66-36-22(42-12(3)51)28(57)32(17(8-47)63-36)68-38-23(43-13(4)52)29(58)33(18(9-48)64-38)67-37-21(41-11(2)50)27(56)31(16(7-46)62-37)65-35-19(39)25(54)24(53)14(5-44)61-35/h14-38,44-48,53-59H,5-9,39H2,1-4H3,(H,40,49)(H,41,50)(H,42,51)(H,43,52)/t14-,15-,16-,17-,18-,19-,20-,21-,22-,23-,24-,25-,26-,27-,28-,29-,30-,31-,32-,33-,34?,35+,36+,37+,38+/m1/s1. The van der Waals surface area contributed by atoms with Crippen molar-refractivity contribution < 1.29 is 123 Å². The van der Waals surface area contributed by atoms with E-state index in [0.29, 0.717) is 0 Å². The van der Waals surface area contributed by atoms with Crippen LogP contribution >= 0.6 is 0 Å². The van der Waals surface area contributed by atoms with Gasteiger partial charge in [0.1, 0.15) is 116 Å². The molecular weight excluding hydrogens is 926 g/mol. The Morgan fingerprint density at radius 3 is 0.971 bits per heavy atom. The summed E-state index contributed by atoms with van der Waals surface area (Å²) in [6.45, 7) is -0.224. The number of carbonyl (C=O) groups is 4. The van der Waals surface area contributed by atoms with Gasteiger partial charge in [-0.15, -0.1) is 0 Å². The van der Waals surface area contributed by atoms with Crippen LogP contribution in [-0.2, 0) is 61.8 Å². The number of hydrogen-bond acceptors (Lipinski definition) is 26. The molecule has 5 rings (SSSR count). The molecule has 30 heteroatoms. The zero-order valence-corrected chi connectivity index (χ0v) is 37.2. The highest BCUT2D eigenvalue weighted by Crippen LogP contribution is 2.35. The van der Waals surface area contributed by atoms with Gasteiger partial charge in [-0.3, -0.25) is 19.2 Å². The average Bonchev–Trinajstić information content (AvgIpc) is 3.28. The fourth-order valence-electron chi connectivity index (χ4n) is 8.70. The van der Waals surface area contributed by atoms with Gasteiger partial charge >= 0.3 is 0 Å². The minimum atomic E-state index is -1.97. The van der Waals surface area contributed by atoms with Crippen molar-refractivity contribution in [1.29, 1.82) is 0 Å². The molecule has 392 valence electrons. The van der Waals surface area contributed by atoms with Crippen LogP contribution in [0, 0.1) is 0 Å². The molecule has 18 N–H and O–H groups in total. The first-order valence-electron chi connectivity index (χ1n) is 21.6. The lowest BCUT2D eigenvalue weighted by Crippen LogP contribution is -2.72. The summed E-state index contributed by atoms with van der Waals surface area (Å²) in [5.74, 6) is -3.01. The van der Waals surface area contributed by atoms with Crippen molar-refractivity contribution in [3.05, 3.63) is 0 Å². The van der Waals surface area contributed by atoms with Crippen LogP contribution in [0.2, 0.25) is 0 Å². The number of nitrogens with one attached hydrogen (secondary N) is 4. The Bertz CT molecular complexity index is 1680. The molecule has 0 bridgehead atoms. The van der Waals surface area contributed by atoms with E-state index in [1.165, 1.54) is 0 Å². The van der Waals surface area contributed by atoms with Gasteiger partial charge in [0.25, 0.3) is 0 Å². The van der Waals surface area contributed by atoms with E-state index < -0.39 is 210 Å². The molecule has 5 saturated heterocycles. The number of ether oxygens (including phenoxy) is 9. The predicted molar refractivity (Wildman–Crippen MR) is 215 cm³/mol. The lowest BCUT2D eigenvalue weighted by atomic mass is 9.93. The smallest absolute Gasteiger partial charge is 0.217 e. The van der Waals surface area contributed by atoms with E-state index in [9.17, 15) is 80.5 Å². The molecule has 30 nitrogen and oxygen atoms in total. The molecule has 0 radical (unpaired) electrons. The zero-order valence-electron chi connectivity index (χ0n) is 37.2. The normalized spacial score (nSPS) is 45.5. The number of amides is 4. The molecule has 0 aromatic carbocycles. The molecule has 0 spiro atoms. The third kappa shape index (κ3) is 12.5. The molecule has 1 unspecified atom stereocenters. The second kappa shape index (κ2) is 24.4. The average molecular weight is 992 g/mol. The fourth-order valence-corrected chi connectivity index (χ4v) is 8.70. The molecule has 5 fully saturated rings. The molecule has 5 heterocycles. The van der Waals surface area contributed by atoms with Gasteiger partial charge < -0.3 is 131 Å². The van der Waals surface area contributed by atoms with E-state index in [-0.39, 0.29) is 0 Å². The van der Waals surface area contributed by atoms with Gasteiger partial charge in [-0.2, -0.15) is 0 Å². The molecule has 0 saturated carbocycles. The molecular formula is C38H65N5O25. The number of aliphatic hydroxyl groups excluding tert-OH is 12. The topological polar surface area (TPSA) is 468 Å². The summed E-state index contributed by atoms with van der Waals surface area (Å²) in [6, 6.07) is -7.91. The Kier molecular flexibility index (Phi) is 20.1. The Balaban J connectivity index is 1.38. The van der Waals surface area contributed by atoms with Crippen LogP contribution in [0.15, 0.2) is 0 Å². The van der Waals surface area contributed by atoms with E-state index in [4.69, 9.17) is 48.4 Å². The monoisotopic (exact) mass is 991 g/mol. The van der Waals surface area contributed by atoms with Crippen molar-refractivity contribution in [2.75, 3.05) is 33.0 Å². The second-order valence-corrected chi connectivity index (χ2v) is 17.0. The number of rotatable bonds is 17. The van der Waals surface area contributed by atoms with Gasteiger partial charge in [0.05, 0.1) is 39.1 Å². The molecule has 5 aliphatic heterocycles. The number of carbonyl (C=O) groups excluding carboxylic acids is 4. The van der Waals surface area contributed by atoms with Crippen LogP contribution < -0.4 is 27.0 Å². The Labute approximate surface area is 387 Å². The van der Waals surface area contributed by atoms with E-state index in [0.717, 1.165) is 27.7 Å².